The average Bonchev–Trinajstić information content (AvgIpc) is 3.06. The molecule has 2 rings (SSSR count). The van der Waals surface area contributed by atoms with Crippen molar-refractivity contribution in [3.8, 4) is 0 Å². The SMILES string of the molecule is CC[C@H](C)C(=O)N1CCC(C(=O)NC[C@H]2CCCN2CC)CC1. The van der Waals surface area contributed by atoms with Gasteiger partial charge in [-0.2, -0.15) is 0 Å². The first kappa shape index (κ1) is 18.2. The van der Waals surface area contributed by atoms with Crippen LogP contribution in [0, 0.1) is 11.8 Å². The number of nitrogens with one attached hydrogen (secondary N) is 1. The zero-order valence-corrected chi connectivity index (χ0v) is 15.0. The molecule has 0 aromatic carbocycles. The molecule has 0 aliphatic carbocycles. The first-order valence-electron chi connectivity index (χ1n) is 9.37. The van der Waals surface area contributed by atoms with Crippen LogP contribution in [0.1, 0.15) is 52.9 Å². The Morgan fingerprint density at radius 2 is 1.83 bits per heavy atom. The summed E-state index contributed by atoms with van der Waals surface area (Å²) in [6.07, 6.45) is 4.92. The maximum Gasteiger partial charge on any atom is 0.225 e. The third-order valence-electron chi connectivity index (χ3n) is 5.63. The molecule has 0 saturated carbocycles. The Kier molecular flexibility index (Phi) is 6.88. The highest BCUT2D eigenvalue weighted by atomic mass is 16.2. The summed E-state index contributed by atoms with van der Waals surface area (Å²) < 4.78 is 0. The van der Waals surface area contributed by atoms with Gasteiger partial charge in [-0.1, -0.05) is 20.8 Å². The molecule has 2 saturated heterocycles. The molecule has 5 heteroatoms. The van der Waals surface area contributed by atoms with Gasteiger partial charge in [0, 0.05) is 37.5 Å². The first-order valence-corrected chi connectivity index (χ1v) is 9.37. The lowest BCUT2D eigenvalue weighted by Gasteiger charge is -2.33. The summed E-state index contributed by atoms with van der Waals surface area (Å²) in [6.45, 7) is 10.7. The summed E-state index contributed by atoms with van der Waals surface area (Å²) in [5, 5.41) is 3.15. The number of nitrogens with zero attached hydrogens (tertiary/aromatic N) is 2. The van der Waals surface area contributed by atoms with Gasteiger partial charge in [0.25, 0.3) is 0 Å². The van der Waals surface area contributed by atoms with E-state index in [2.05, 4.69) is 17.1 Å². The van der Waals surface area contributed by atoms with Gasteiger partial charge >= 0.3 is 0 Å². The van der Waals surface area contributed by atoms with Crippen molar-refractivity contribution < 1.29 is 9.59 Å². The third kappa shape index (κ3) is 4.69. The lowest BCUT2D eigenvalue weighted by atomic mass is 9.94. The van der Waals surface area contributed by atoms with Crippen molar-refractivity contribution in [2.45, 2.75) is 58.9 Å². The van der Waals surface area contributed by atoms with E-state index in [1.165, 1.54) is 12.8 Å². The molecule has 5 nitrogen and oxygen atoms in total. The van der Waals surface area contributed by atoms with Crippen molar-refractivity contribution in [1.29, 1.82) is 0 Å². The van der Waals surface area contributed by atoms with E-state index in [4.69, 9.17) is 0 Å². The van der Waals surface area contributed by atoms with Gasteiger partial charge in [-0.25, -0.2) is 0 Å². The predicted molar refractivity (Wildman–Crippen MR) is 92.0 cm³/mol. The zero-order chi connectivity index (χ0) is 16.8. The van der Waals surface area contributed by atoms with Crippen LogP contribution in [0.4, 0.5) is 0 Å². The van der Waals surface area contributed by atoms with Crippen LogP contribution in [-0.2, 0) is 9.59 Å². The van der Waals surface area contributed by atoms with Crippen LogP contribution in [0.2, 0.25) is 0 Å². The zero-order valence-electron chi connectivity index (χ0n) is 15.0. The van der Waals surface area contributed by atoms with Crippen LogP contribution in [0.5, 0.6) is 0 Å². The highest BCUT2D eigenvalue weighted by Crippen LogP contribution is 2.20. The third-order valence-corrected chi connectivity index (χ3v) is 5.63. The fraction of sp³-hybridized carbons (Fsp3) is 0.889. The van der Waals surface area contributed by atoms with Crippen LogP contribution < -0.4 is 5.32 Å². The number of amides is 2. The summed E-state index contributed by atoms with van der Waals surface area (Å²) in [5.41, 5.74) is 0. The van der Waals surface area contributed by atoms with Crippen molar-refractivity contribution in [1.82, 2.24) is 15.1 Å². The molecule has 2 atom stereocenters. The lowest BCUT2D eigenvalue weighted by Crippen LogP contribution is -2.46. The number of likely N-dealkylation sites (tertiary alicyclic amines) is 2. The van der Waals surface area contributed by atoms with Gasteiger partial charge in [-0.15, -0.1) is 0 Å². The quantitative estimate of drug-likeness (QED) is 0.812. The maximum absolute atomic E-state index is 12.4. The Morgan fingerprint density at radius 1 is 1.13 bits per heavy atom. The molecule has 0 radical (unpaired) electrons. The Balaban J connectivity index is 1.72. The molecule has 2 aliphatic heterocycles. The molecular formula is C18H33N3O2. The van der Waals surface area contributed by atoms with Gasteiger partial charge in [0.15, 0.2) is 0 Å². The monoisotopic (exact) mass is 323 g/mol. The average molecular weight is 323 g/mol. The summed E-state index contributed by atoms with van der Waals surface area (Å²) in [6, 6.07) is 0.510. The standard InChI is InChI=1S/C18H33N3O2/c1-4-14(3)18(23)21-11-8-15(9-12-21)17(22)19-13-16-7-6-10-20(16)5-2/h14-16H,4-13H2,1-3H3,(H,19,22)/t14-,16+/m0/s1. The number of piperidine rings is 1. The van der Waals surface area contributed by atoms with Gasteiger partial charge in [0.1, 0.15) is 0 Å². The highest BCUT2D eigenvalue weighted by Gasteiger charge is 2.30. The van der Waals surface area contributed by atoms with Gasteiger partial charge < -0.3 is 10.2 Å². The first-order chi connectivity index (χ1) is 11.1. The second-order valence-corrected chi connectivity index (χ2v) is 7.08. The van der Waals surface area contributed by atoms with Crippen molar-refractivity contribution >= 4 is 11.8 Å². The van der Waals surface area contributed by atoms with Crippen LogP contribution in [0.15, 0.2) is 0 Å². The topological polar surface area (TPSA) is 52.7 Å². The van der Waals surface area contributed by atoms with Crippen LogP contribution in [0.25, 0.3) is 0 Å². The summed E-state index contributed by atoms with van der Waals surface area (Å²) in [4.78, 5) is 29.0. The maximum atomic E-state index is 12.4. The van der Waals surface area contributed by atoms with Crippen molar-refractivity contribution in [3.63, 3.8) is 0 Å². The van der Waals surface area contributed by atoms with Gasteiger partial charge in [-0.05, 0) is 45.2 Å². The molecule has 0 aromatic heterocycles. The molecule has 0 bridgehead atoms. The summed E-state index contributed by atoms with van der Waals surface area (Å²) in [7, 11) is 0. The molecule has 2 heterocycles. The van der Waals surface area contributed by atoms with Crippen molar-refractivity contribution in [3.05, 3.63) is 0 Å². The number of hydrogen-bond donors (Lipinski definition) is 1. The minimum Gasteiger partial charge on any atom is -0.354 e. The molecule has 23 heavy (non-hydrogen) atoms. The molecule has 132 valence electrons. The van der Waals surface area contributed by atoms with Crippen LogP contribution in [-0.4, -0.2) is 60.4 Å². The van der Waals surface area contributed by atoms with E-state index in [1.807, 2.05) is 18.7 Å². The van der Waals surface area contributed by atoms with E-state index in [0.717, 1.165) is 52.0 Å². The highest BCUT2D eigenvalue weighted by molar-refractivity contribution is 5.80. The van der Waals surface area contributed by atoms with Gasteiger partial charge in [-0.3, -0.25) is 14.5 Å². The molecule has 0 spiro atoms. The van der Waals surface area contributed by atoms with E-state index in [1.54, 1.807) is 0 Å². The van der Waals surface area contributed by atoms with Gasteiger partial charge in [0.05, 0.1) is 0 Å². The Morgan fingerprint density at radius 3 is 2.43 bits per heavy atom. The smallest absolute Gasteiger partial charge is 0.225 e. The second-order valence-electron chi connectivity index (χ2n) is 7.08. The molecule has 0 aromatic rings. The van der Waals surface area contributed by atoms with Crippen LogP contribution >= 0.6 is 0 Å². The predicted octanol–water partition coefficient (Wildman–Crippen LogP) is 1.87. The number of carbonyl (C=O) groups is 2. The lowest BCUT2D eigenvalue weighted by molar-refractivity contribution is -0.138. The van der Waals surface area contributed by atoms with Crippen molar-refractivity contribution in [2.75, 3.05) is 32.7 Å². The summed E-state index contributed by atoms with van der Waals surface area (Å²) >= 11 is 0. The number of hydrogen-bond acceptors (Lipinski definition) is 3. The normalized spacial score (nSPS) is 24.7. The summed E-state index contributed by atoms with van der Waals surface area (Å²) in [5.74, 6) is 0.606. The largest absolute Gasteiger partial charge is 0.354 e. The number of rotatable bonds is 6. The van der Waals surface area contributed by atoms with Crippen molar-refractivity contribution in [2.24, 2.45) is 11.8 Å². The van der Waals surface area contributed by atoms with E-state index in [9.17, 15) is 9.59 Å². The Hall–Kier alpha value is -1.10. The van der Waals surface area contributed by atoms with Crippen LogP contribution in [0.3, 0.4) is 0 Å². The van der Waals surface area contributed by atoms with E-state index in [-0.39, 0.29) is 23.7 Å². The van der Waals surface area contributed by atoms with E-state index < -0.39 is 0 Å². The Labute approximate surface area is 140 Å². The van der Waals surface area contributed by atoms with E-state index >= 15 is 0 Å². The minimum atomic E-state index is 0.0764. The fourth-order valence-corrected chi connectivity index (χ4v) is 3.75. The Bertz CT molecular complexity index is 405. The van der Waals surface area contributed by atoms with E-state index in [0.29, 0.717) is 6.04 Å². The number of likely N-dealkylation sites (N-methyl/N-ethyl adjacent to an activating group) is 1. The number of carbonyl (C=O) groups excluding carboxylic acids is 2. The second kappa shape index (κ2) is 8.67. The fourth-order valence-electron chi connectivity index (χ4n) is 3.75. The molecule has 2 amide bonds. The molecule has 1 N–H and O–H groups in total. The molecule has 2 fully saturated rings. The molecule has 2 aliphatic rings. The molecular weight excluding hydrogens is 290 g/mol. The minimum absolute atomic E-state index is 0.0764. The van der Waals surface area contributed by atoms with Gasteiger partial charge in [0.2, 0.25) is 11.8 Å². The molecule has 0 unspecified atom stereocenters.